The molecular weight excluding hydrogens is 271 g/mol. The number of amides is 1. The van der Waals surface area contributed by atoms with Gasteiger partial charge in [-0.15, -0.1) is 0 Å². The zero-order valence-electron chi connectivity index (χ0n) is 10.2. The van der Waals surface area contributed by atoms with Gasteiger partial charge in [0.25, 0.3) is 5.91 Å². The Kier molecular flexibility index (Phi) is 4.16. The summed E-state index contributed by atoms with van der Waals surface area (Å²) in [5, 5.41) is 6.52. The summed E-state index contributed by atoms with van der Waals surface area (Å²) in [7, 11) is 0. The van der Waals surface area contributed by atoms with E-state index in [4.69, 9.17) is 16.1 Å². The molecule has 19 heavy (non-hydrogen) atoms. The highest BCUT2D eigenvalue weighted by Crippen LogP contribution is 2.16. The molecule has 0 saturated heterocycles. The van der Waals surface area contributed by atoms with Crippen LogP contribution in [0.15, 0.2) is 28.8 Å². The molecule has 1 aromatic heterocycles. The van der Waals surface area contributed by atoms with Crippen LogP contribution < -0.4 is 5.32 Å². The quantitative estimate of drug-likeness (QED) is 0.938. The first-order chi connectivity index (χ1) is 9.06. The van der Waals surface area contributed by atoms with Crippen LogP contribution in [-0.2, 0) is 6.42 Å². The van der Waals surface area contributed by atoms with Gasteiger partial charge in [-0.1, -0.05) is 16.8 Å². The Hall–Kier alpha value is -1.88. The van der Waals surface area contributed by atoms with Gasteiger partial charge in [-0.05, 0) is 25.1 Å². The molecule has 0 saturated carbocycles. The number of benzene rings is 1. The molecule has 2 rings (SSSR count). The number of nitrogens with zero attached hydrogens (tertiary/aromatic N) is 1. The monoisotopic (exact) mass is 282 g/mol. The van der Waals surface area contributed by atoms with Crippen molar-refractivity contribution in [1.29, 1.82) is 0 Å². The molecule has 0 bridgehead atoms. The number of aryl methyl sites for hydroxylation is 1. The van der Waals surface area contributed by atoms with Gasteiger partial charge < -0.3 is 9.84 Å². The van der Waals surface area contributed by atoms with E-state index in [1.165, 1.54) is 12.1 Å². The molecule has 100 valence electrons. The lowest BCUT2D eigenvalue weighted by atomic mass is 10.2. The molecule has 4 nitrogen and oxygen atoms in total. The highest BCUT2D eigenvalue weighted by atomic mass is 35.5. The van der Waals surface area contributed by atoms with Crippen LogP contribution in [0.5, 0.6) is 0 Å². The average Bonchev–Trinajstić information content (AvgIpc) is 2.75. The van der Waals surface area contributed by atoms with E-state index in [-0.39, 0.29) is 16.5 Å². The Labute approximate surface area is 114 Å². The molecule has 1 amide bonds. The van der Waals surface area contributed by atoms with Gasteiger partial charge in [0.1, 0.15) is 11.6 Å². The van der Waals surface area contributed by atoms with Crippen molar-refractivity contribution < 1.29 is 13.7 Å². The molecule has 0 unspecified atom stereocenters. The van der Waals surface area contributed by atoms with Crippen molar-refractivity contribution in [3.63, 3.8) is 0 Å². The lowest BCUT2D eigenvalue weighted by molar-refractivity contribution is 0.0953. The standard InChI is InChI=1S/C13H12ClFN2O2/c1-8-6-10(19-17-8)4-5-16-13(18)11-3-2-9(15)7-12(11)14/h2-3,6-7H,4-5H2,1H3,(H,16,18). The van der Waals surface area contributed by atoms with Gasteiger partial charge in [0.05, 0.1) is 16.3 Å². The lowest BCUT2D eigenvalue weighted by Gasteiger charge is -2.05. The average molecular weight is 283 g/mol. The van der Waals surface area contributed by atoms with Crippen LogP contribution in [0.25, 0.3) is 0 Å². The Morgan fingerprint density at radius 2 is 2.26 bits per heavy atom. The molecule has 0 aliphatic carbocycles. The van der Waals surface area contributed by atoms with Crippen LogP contribution in [0, 0.1) is 12.7 Å². The van der Waals surface area contributed by atoms with Gasteiger partial charge in [0, 0.05) is 19.0 Å². The SMILES string of the molecule is Cc1cc(CCNC(=O)c2ccc(F)cc2Cl)on1. The van der Waals surface area contributed by atoms with Crippen molar-refractivity contribution in [3.8, 4) is 0 Å². The first-order valence-electron chi connectivity index (χ1n) is 5.71. The largest absolute Gasteiger partial charge is 0.361 e. The zero-order valence-corrected chi connectivity index (χ0v) is 11.0. The van der Waals surface area contributed by atoms with Crippen molar-refractivity contribution in [2.75, 3.05) is 6.54 Å². The maximum absolute atomic E-state index is 12.9. The second-order valence-corrected chi connectivity index (χ2v) is 4.47. The van der Waals surface area contributed by atoms with Gasteiger partial charge in [-0.2, -0.15) is 0 Å². The van der Waals surface area contributed by atoms with Gasteiger partial charge in [-0.3, -0.25) is 4.79 Å². The summed E-state index contributed by atoms with van der Waals surface area (Å²) in [6, 6.07) is 5.46. The van der Waals surface area contributed by atoms with E-state index in [1.54, 1.807) is 6.07 Å². The molecule has 0 aliphatic rings. The molecule has 0 atom stereocenters. The van der Waals surface area contributed by atoms with Gasteiger partial charge >= 0.3 is 0 Å². The first kappa shape index (κ1) is 13.5. The Morgan fingerprint density at radius 3 is 2.89 bits per heavy atom. The van der Waals surface area contributed by atoms with Crippen LogP contribution in [0.4, 0.5) is 4.39 Å². The van der Waals surface area contributed by atoms with Gasteiger partial charge in [0.15, 0.2) is 0 Å². The van der Waals surface area contributed by atoms with E-state index in [9.17, 15) is 9.18 Å². The lowest BCUT2D eigenvalue weighted by Crippen LogP contribution is -2.25. The normalized spacial score (nSPS) is 10.5. The van der Waals surface area contributed by atoms with E-state index in [0.717, 1.165) is 11.8 Å². The Morgan fingerprint density at radius 1 is 1.47 bits per heavy atom. The van der Waals surface area contributed by atoms with E-state index < -0.39 is 5.82 Å². The summed E-state index contributed by atoms with van der Waals surface area (Å²) in [6.45, 7) is 2.21. The van der Waals surface area contributed by atoms with Crippen LogP contribution in [-0.4, -0.2) is 17.6 Å². The molecule has 0 fully saturated rings. The minimum Gasteiger partial charge on any atom is -0.361 e. The van der Waals surface area contributed by atoms with Crippen LogP contribution >= 0.6 is 11.6 Å². The fourth-order valence-corrected chi connectivity index (χ4v) is 1.86. The number of aromatic nitrogens is 1. The highest BCUT2D eigenvalue weighted by Gasteiger charge is 2.11. The Balaban J connectivity index is 1.90. The van der Waals surface area contributed by atoms with E-state index in [2.05, 4.69) is 10.5 Å². The molecule has 0 aliphatic heterocycles. The number of hydrogen-bond acceptors (Lipinski definition) is 3. The first-order valence-corrected chi connectivity index (χ1v) is 6.09. The molecule has 2 aromatic rings. The van der Waals surface area contributed by atoms with E-state index in [1.807, 2.05) is 6.92 Å². The van der Waals surface area contributed by atoms with E-state index in [0.29, 0.717) is 18.7 Å². The summed E-state index contributed by atoms with van der Waals surface area (Å²) < 4.78 is 17.9. The van der Waals surface area contributed by atoms with Crippen molar-refractivity contribution in [2.24, 2.45) is 0 Å². The third-order valence-corrected chi connectivity index (χ3v) is 2.82. The number of carbonyl (C=O) groups is 1. The summed E-state index contributed by atoms with van der Waals surface area (Å²) in [4.78, 5) is 11.8. The Bertz CT molecular complexity index is 598. The predicted octanol–water partition coefficient (Wildman–Crippen LogP) is 2.75. The number of nitrogens with one attached hydrogen (secondary N) is 1. The zero-order chi connectivity index (χ0) is 13.8. The van der Waals surface area contributed by atoms with Crippen LogP contribution in [0.2, 0.25) is 5.02 Å². The van der Waals surface area contributed by atoms with Crippen molar-refractivity contribution >= 4 is 17.5 Å². The summed E-state index contributed by atoms with van der Waals surface area (Å²) in [5.41, 5.74) is 1.04. The molecule has 1 aromatic carbocycles. The minimum atomic E-state index is -0.473. The van der Waals surface area contributed by atoms with Crippen molar-refractivity contribution in [3.05, 3.63) is 52.1 Å². The number of carbonyl (C=O) groups excluding carboxylic acids is 1. The summed E-state index contributed by atoms with van der Waals surface area (Å²) in [5.74, 6) is -0.122. The minimum absolute atomic E-state index is 0.0907. The molecule has 1 N–H and O–H groups in total. The predicted molar refractivity (Wildman–Crippen MR) is 68.7 cm³/mol. The maximum atomic E-state index is 12.9. The number of halogens is 2. The fourth-order valence-electron chi connectivity index (χ4n) is 1.60. The fraction of sp³-hybridized carbons (Fsp3) is 0.231. The second-order valence-electron chi connectivity index (χ2n) is 4.06. The molecule has 0 spiro atoms. The highest BCUT2D eigenvalue weighted by molar-refractivity contribution is 6.33. The third kappa shape index (κ3) is 3.54. The van der Waals surface area contributed by atoms with Crippen molar-refractivity contribution in [1.82, 2.24) is 10.5 Å². The number of rotatable bonds is 4. The van der Waals surface area contributed by atoms with Gasteiger partial charge in [-0.25, -0.2) is 4.39 Å². The van der Waals surface area contributed by atoms with E-state index >= 15 is 0 Å². The second kappa shape index (κ2) is 5.84. The summed E-state index contributed by atoms with van der Waals surface area (Å²) >= 11 is 5.79. The maximum Gasteiger partial charge on any atom is 0.252 e. The molecule has 1 heterocycles. The topological polar surface area (TPSA) is 55.1 Å². The molecular formula is C13H12ClFN2O2. The smallest absolute Gasteiger partial charge is 0.252 e. The van der Waals surface area contributed by atoms with Crippen LogP contribution in [0.3, 0.4) is 0 Å². The number of hydrogen-bond donors (Lipinski definition) is 1. The van der Waals surface area contributed by atoms with Crippen molar-refractivity contribution in [2.45, 2.75) is 13.3 Å². The summed E-state index contributed by atoms with van der Waals surface area (Å²) in [6.07, 6.45) is 0.533. The van der Waals surface area contributed by atoms with Gasteiger partial charge in [0.2, 0.25) is 0 Å². The van der Waals surface area contributed by atoms with Crippen LogP contribution in [0.1, 0.15) is 21.8 Å². The molecule has 6 heteroatoms. The molecule has 0 radical (unpaired) electrons. The third-order valence-electron chi connectivity index (χ3n) is 2.51.